The first kappa shape index (κ1) is 39.7. The molecule has 9 rings (SSSR count). The number of hydrogen-bond acceptors (Lipinski definition) is 5. The summed E-state index contributed by atoms with van der Waals surface area (Å²) in [6, 6.07) is 39.1. The summed E-state index contributed by atoms with van der Waals surface area (Å²) in [5, 5.41) is 4.62. The van der Waals surface area contributed by atoms with E-state index in [1.54, 1.807) is 18.6 Å². The van der Waals surface area contributed by atoms with E-state index in [1.807, 2.05) is 12.1 Å². The molecular formula is C50H50CuN6. The van der Waals surface area contributed by atoms with Crippen LogP contribution >= 0.6 is 0 Å². The van der Waals surface area contributed by atoms with Gasteiger partial charge in [-0.3, -0.25) is 9.97 Å². The van der Waals surface area contributed by atoms with E-state index in [1.165, 1.54) is 55.8 Å². The van der Waals surface area contributed by atoms with Gasteiger partial charge in [-0.1, -0.05) is 152 Å². The third-order valence-corrected chi connectivity index (χ3v) is 10.9. The molecule has 0 saturated heterocycles. The maximum atomic E-state index is 4.75. The summed E-state index contributed by atoms with van der Waals surface area (Å²) < 4.78 is 0. The fourth-order valence-corrected chi connectivity index (χ4v) is 8.14. The van der Waals surface area contributed by atoms with Crippen molar-refractivity contribution >= 4 is 55.3 Å². The van der Waals surface area contributed by atoms with Crippen LogP contribution in [0.15, 0.2) is 128 Å². The Hall–Kier alpha value is -5.49. The molecule has 0 fully saturated rings. The van der Waals surface area contributed by atoms with Gasteiger partial charge in [0, 0.05) is 35.1 Å². The quantitative estimate of drug-likeness (QED) is 0.0909. The van der Waals surface area contributed by atoms with Crippen molar-refractivity contribution in [3.05, 3.63) is 157 Å². The Morgan fingerprint density at radius 2 is 0.947 bits per heavy atom. The molecule has 0 bridgehead atoms. The van der Waals surface area contributed by atoms with Crippen LogP contribution in [0.2, 0.25) is 0 Å². The van der Waals surface area contributed by atoms with Crippen LogP contribution in [0.1, 0.15) is 101 Å². The minimum Gasteiger partial charge on any atom is -0.473 e. The van der Waals surface area contributed by atoms with Crippen molar-refractivity contribution in [3.63, 3.8) is 0 Å². The zero-order valence-electron chi connectivity index (χ0n) is 34.0. The molecule has 0 saturated carbocycles. The van der Waals surface area contributed by atoms with Gasteiger partial charge in [-0.2, -0.15) is 0 Å². The molecule has 1 radical (unpaired) electrons. The third-order valence-electron chi connectivity index (χ3n) is 10.9. The summed E-state index contributed by atoms with van der Waals surface area (Å²) >= 11 is 0. The number of aromatic nitrogens is 4. The number of hydrogen-bond donors (Lipinski definition) is 0. The molecule has 0 unspecified atom stereocenters. The number of nitrogens with zero attached hydrogens (tertiary/aromatic N) is 6. The van der Waals surface area contributed by atoms with E-state index in [2.05, 4.69) is 179 Å². The van der Waals surface area contributed by atoms with E-state index in [4.69, 9.17) is 9.97 Å². The normalized spacial score (nSPS) is 12.6. The number of benzene rings is 6. The van der Waals surface area contributed by atoms with Gasteiger partial charge in [-0.25, -0.2) is 0 Å². The average Bonchev–Trinajstić information content (AvgIpc) is 3.84. The van der Waals surface area contributed by atoms with Crippen molar-refractivity contribution in [2.45, 2.75) is 79.1 Å². The summed E-state index contributed by atoms with van der Waals surface area (Å²) in [6.45, 7) is 20.7. The van der Waals surface area contributed by atoms with Crippen LogP contribution in [-0.2, 0) is 17.1 Å². The average molecular weight is 799 g/mol. The van der Waals surface area contributed by atoms with E-state index in [-0.39, 0.29) is 17.1 Å². The van der Waals surface area contributed by atoms with Crippen LogP contribution in [0.4, 0.5) is 22.7 Å². The van der Waals surface area contributed by atoms with E-state index in [0.717, 1.165) is 21.8 Å². The van der Waals surface area contributed by atoms with Crippen LogP contribution in [-0.4, -0.2) is 15.0 Å². The second-order valence-corrected chi connectivity index (χ2v) is 16.0. The van der Waals surface area contributed by atoms with Crippen LogP contribution in [0.5, 0.6) is 0 Å². The number of fused-ring (bicyclic) bond motifs is 7. The standard InChI is InChI=1S/C31H39N2.C19H11N4.Cu/c1-20(2)24-13-11-14-25(21(3)4)30(24)32-19-33(29-18-10-9-17-28(29)32)31-26(22(5)6)15-12-16-27(31)23(7)8;1-3-7-14-12(5-1)13-6-2-4-8-15(13)18-17(14)22-19(23-18)16-11-20-9-10-21-16;/h9-23H,1-8H3;1-11H;/q2*-1;+2. The molecule has 0 N–H and O–H groups in total. The zero-order valence-corrected chi connectivity index (χ0v) is 34.9. The van der Waals surface area contributed by atoms with Crippen molar-refractivity contribution in [3.8, 4) is 11.5 Å². The molecule has 3 heterocycles. The first-order valence-electron chi connectivity index (χ1n) is 19.9. The maximum absolute atomic E-state index is 4.75. The van der Waals surface area contributed by atoms with Crippen LogP contribution in [0.25, 0.3) is 44.1 Å². The second kappa shape index (κ2) is 16.5. The van der Waals surface area contributed by atoms with Crippen molar-refractivity contribution in [2.24, 2.45) is 0 Å². The Morgan fingerprint density at radius 1 is 0.509 bits per heavy atom. The molecule has 6 aromatic carbocycles. The topological polar surface area (TPSA) is 59.2 Å². The molecule has 291 valence electrons. The van der Waals surface area contributed by atoms with Crippen LogP contribution in [0.3, 0.4) is 0 Å². The Balaban J connectivity index is 0.000000181. The van der Waals surface area contributed by atoms with Crippen molar-refractivity contribution in [2.75, 3.05) is 9.80 Å². The SMILES string of the molecule is CC(C)c1cccc(C(C)C)c1N1[CH-]N(c2c(C(C)C)cccc2C(C)C)c2ccccc21.[Cu+2].c1ccc2c(c1)c1ccccc1c1[n-]c(-c3cnccn3)nc21. The summed E-state index contributed by atoms with van der Waals surface area (Å²) in [4.78, 5) is 22.8. The summed E-state index contributed by atoms with van der Waals surface area (Å²) in [5.74, 6) is 2.41. The summed E-state index contributed by atoms with van der Waals surface area (Å²) in [7, 11) is 0. The number of rotatable bonds is 7. The fourth-order valence-electron chi connectivity index (χ4n) is 8.14. The summed E-state index contributed by atoms with van der Waals surface area (Å²) in [5.41, 5.74) is 13.3. The van der Waals surface area contributed by atoms with Gasteiger partial charge in [-0.15, -0.1) is 6.67 Å². The third kappa shape index (κ3) is 7.31. The first-order valence-corrected chi connectivity index (χ1v) is 19.9. The Bertz CT molecular complexity index is 2450. The first-order chi connectivity index (χ1) is 27.1. The molecule has 0 atom stereocenters. The van der Waals surface area contributed by atoms with Crippen LogP contribution < -0.4 is 14.8 Å². The molecule has 6 nitrogen and oxygen atoms in total. The molecule has 7 heteroatoms. The molecule has 8 aromatic rings. The number of anilines is 4. The van der Waals surface area contributed by atoms with Gasteiger partial charge in [0.15, 0.2) is 0 Å². The van der Waals surface area contributed by atoms with E-state index in [9.17, 15) is 0 Å². The predicted molar refractivity (Wildman–Crippen MR) is 235 cm³/mol. The van der Waals surface area contributed by atoms with Gasteiger partial charge in [0.1, 0.15) is 0 Å². The summed E-state index contributed by atoms with van der Waals surface area (Å²) in [6.07, 6.45) is 5.00. The zero-order chi connectivity index (χ0) is 39.1. The van der Waals surface area contributed by atoms with Gasteiger partial charge < -0.3 is 19.8 Å². The predicted octanol–water partition coefficient (Wildman–Crippen LogP) is 13.5. The smallest absolute Gasteiger partial charge is 0.473 e. The molecule has 2 aromatic heterocycles. The van der Waals surface area contributed by atoms with Crippen molar-refractivity contribution in [1.29, 1.82) is 0 Å². The Morgan fingerprint density at radius 3 is 1.40 bits per heavy atom. The van der Waals surface area contributed by atoms with E-state index < -0.39 is 0 Å². The van der Waals surface area contributed by atoms with Crippen LogP contribution in [0, 0.1) is 6.67 Å². The minimum absolute atomic E-state index is 0. The Kier molecular flexibility index (Phi) is 11.5. The van der Waals surface area contributed by atoms with Gasteiger partial charge in [0.2, 0.25) is 0 Å². The van der Waals surface area contributed by atoms with E-state index in [0.29, 0.717) is 35.2 Å². The molecule has 1 aliphatic rings. The molecule has 0 aliphatic carbocycles. The van der Waals surface area contributed by atoms with Gasteiger partial charge in [0.25, 0.3) is 0 Å². The molecule has 0 amide bonds. The van der Waals surface area contributed by atoms with Crippen molar-refractivity contribution in [1.82, 2.24) is 19.9 Å². The molecule has 0 spiro atoms. The van der Waals surface area contributed by atoms with Crippen molar-refractivity contribution < 1.29 is 17.1 Å². The van der Waals surface area contributed by atoms with Gasteiger partial charge in [0.05, 0.1) is 11.9 Å². The monoisotopic (exact) mass is 797 g/mol. The minimum atomic E-state index is 0. The van der Waals surface area contributed by atoms with Gasteiger partial charge in [-0.05, 0) is 96.5 Å². The number of para-hydroxylation sites is 4. The molecular weight excluding hydrogens is 748 g/mol. The second-order valence-electron chi connectivity index (χ2n) is 16.0. The largest absolute Gasteiger partial charge is 2.00 e. The molecule has 1 aliphatic heterocycles. The maximum Gasteiger partial charge on any atom is 2.00 e. The van der Waals surface area contributed by atoms with E-state index >= 15 is 0 Å². The van der Waals surface area contributed by atoms with Gasteiger partial charge >= 0.3 is 17.1 Å². The number of imidazole rings is 1. The Labute approximate surface area is 347 Å². The molecule has 57 heavy (non-hydrogen) atoms. The fraction of sp³-hybridized carbons (Fsp3) is 0.240.